The normalized spacial score (nSPS) is 10.8. The molecule has 0 heterocycles. The van der Waals surface area contributed by atoms with Crippen LogP contribution >= 0.6 is 0 Å². The van der Waals surface area contributed by atoms with E-state index in [-0.39, 0.29) is 18.2 Å². The van der Waals surface area contributed by atoms with Gasteiger partial charge in [-0.1, -0.05) is 12.1 Å². The summed E-state index contributed by atoms with van der Waals surface area (Å²) in [6, 6.07) is 7.77. The Hall–Kier alpha value is -1.51. The predicted molar refractivity (Wildman–Crippen MR) is 69.3 cm³/mol. The van der Waals surface area contributed by atoms with Crippen molar-refractivity contribution in [3.8, 4) is 5.75 Å². The van der Waals surface area contributed by atoms with E-state index in [2.05, 4.69) is 0 Å². The van der Waals surface area contributed by atoms with Gasteiger partial charge in [0, 0.05) is 12.1 Å². The summed E-state index contributed by atoms with van der Waals surface area (Å²) in [6.45, 7) is 9.91. The van der Waals surface area contributed by atoms with E-state index in [4.69, 9.17) is 4.74 Å². The maximum atomic E-state index is 12.0. The number of aryl methyl sites for hydroxylation is 1. The summed E-state index contributed by atoms with van der Waals surface area (Å²) in [7, 11) is 0. The first-order valence-electron chi connectivity index (χ1n) is 5.98. The first-order chi connectivity index (χ1) is 7.91. The number of carbonyl (C=O) groups excluding carboxylic acids is 1. The van der Waals surface area contributed by atoms with Crippen LogP contribution < -0.4 is 4.74 Å². The monoisotopic (exact) mass is 235 g/mol. The number of ether oxygens (including phenoxy) is 1. The van der Waals surface area contributed by atoms with Gasteiger partial charge in [-0.25, -0.2) is 4.79 Å². The minimum Gasteiger partial charge on any atom is -0.410 e. The summed E-state index contributed by atoms with van der Waals surface area (Å²) in [5.41, 5.74) is 1.08. The van der Waals surface area contributed by atoms with Crippen molar-refractivity contribution in [1.29, 1.82) is 0 Å². The summed E-state index contributed by atoms with van der Waals surface area (Å²) in [5, 5.41) is 0. The molecule has 1 aromatic carbocycles. The molecule has 0 radical (unpaired) electrons. The second kappa shape index (κ2) is 5.71. The van der Waals surface area contributed by atoms with Gasteiger partial charge in [-0.15, -0.1) is 0 Å². The lowest BCUT2D eigenvalue weighted by atomic mass is 10.2. The fourth-order valence-electron chi connectivity index (χ4n) is 1.85. The van der Waals surface area contributed by atoms with Gasteiger partial charge in [0.05, 0.1) is 0 Å². The summed E-state index contributed by atoms with van der Waals surface area (Å²) < 4.78 is 5.37. The molecule has 3 heteroatoms. The van der Waals surface area contributed by atoms with Crippen molar-refractivity contribution >= 4 is 6.09 Å². The molecule has 0 spiro atoms. The van der Waals surface area contributed by atoms with E-state index in [1.807, 2.05) is 52.8 Å². The van der Waals surface area contributed by atoms with Gasteiger partial charge in [0.25, 0.3) is 0 Å². The molecular weight excluding hydrogens is 214 g/mol. The fraction of sp³-hybridized carbons (Fsp3) is 0.500. The van der Waals surface area contributed by atoms with Crippen molar-refractivity contribution in [2.45, 2.75) is 46.7 Å². The average molecular weight is 235 g/mol. The lowest BCUT2D eigenvalue weighted by molar-refractivity contribution is 0.122. The maximum Gasteiger partial charge on any atom is 0.415 e. The fourth-order valence-corrected chi connectivity index (χ4v) is 1.85. The molecule has 0 aliphatic carbocycles. The number of hydrogen-bond acceptors (Lipinski definition) is 2. The Morgan fingerprint density at radius 2 is 1.76 bits per heavy atom. The van der Waals surface area contributed by atoms with Crippen LogP contribution in [0.4, 0.5) is 4.79 Å². The van der Waals surface area contributed by atoms with Gasteiger partial charge in [0.1, 0.15) is 5.75 Å². The third-order valence-corrected chi connectivity index (χ3v) is 2.52. The van der Waals surface area contributed by atoms with Crippen molar-refractivity contribution in [1.82, 2.24) is 4.90 Å². The van der Waals surface area contributed by atoms with Gasteiger partial charge in [-0.05, 0) is 52.3 Å². The molecule has 17 heavy (non-hydrogen) atoms. The Morgan fingerprint density at radius 1 is 1.18 bits per heavy atom. The molecule has 1 aromatic rings. The second-order valence-corrected chi connectivity index (χ2v) is 4.78. The quantitative estimate of drug-likeness (QED) is 0.801. The van der Waals surface area contributed by atoms with Gasteiger partial charge in [0.15, 0.2) is 0 Å². The Morgan fingerprint density at radius 3 is 2.24 bits per heavy atom. The minimum absolute atomic E-state index is 0.132. The summed E-state index contributed by atoms with van der Waals surface area (Å²) in [5.74, 6) is 0.598. The molecule has 1 rings (SSSR count). The number of rotatable bonds is 3. The summed E-state index contributed by atoms with van der Waals surface area (Å²) >= 11 is 0. The number of amides is 1. The Balaban J connectivity index is 2.77. The number of hydrogen-bond donors (Lipinski definition) is 0. The van der Waals surface area contributed by atoms with Gasteiger partial charge in [0.2, 0.25) is 0 Å². The van der Waals surface area contributed by atoms with E-state index < -0.39 is 0 Å². The highest BCUT2D eigenvalue weighted by Gasteiger charge is 2.21. The first-order valence-corrected chi connectivity index (χ1v) is 5.98. The van der Waals surface area contributed by atoms with Gasteiger partial charge >= 0.3 is 6.09 Å². The molecular formula is C14H21NO2. The molecule has 0 saturated heterocycles. The average Bonchev–Trinajstić information content (AvgIpc) is 2.15. The molecule has 0 N–H and O–H groups in total. The van der Waals surface area contributed by atoms with Crippen LogP contribution in [0.2, 0.25) is 0 Å². The highest BCUT2D eigenvalue weighted by molar-refractivity contribution is 5.71. The Bertz CT molecular complexity index is 378. The Labute approximate surface area is 103 Å². The largest absolute Gasteiger partial charge is 0.415 e. The number of nitrogens with zero attached hydrogens (tertiary/aromatic N) is 1. The molecule has 0 aliphatic rings. The highest BCUT2D eigenvalue weighted by Crippen LogP contribution is 2.15. The van der Waals surface area contributed by atoms with Crippen molar-refractivity contribution in [3.05, 3.63) is 29.8 Å². The standard InChI is InChI=1S/C14H21NO2/c1-10(2)15(11(3)4)14(16)17-13-8-6-7-12(5)9-13/h6-11H,1-5H3. The van der Waals surface area contributed by atoms with E-state index >= 15 is 0 Å². The SMILES string of the molecule is Cc1cccc(OC(=O)N(C(C)C)C(C)C)c1. The van der Waals surface area contributed by atoms with Crippen LogP contribution in [0.5, 0.6) is 5.75 Å². The van der Waals surface area contributed by atoms with Crippen LogP contribution in [0.1, 0.15) is 33.3 Å². The van der Waals surface area contributed by atoms with E-state index in [0.717, 1.165) is 5.56 Å². The van der Waals surface area contributed by atoms with Gasteiger partial charge in [-0.2, -0.15) is 0 Å². The van der Waals surface area contributed by atoms with Crippen molar-refractivity contribution in [2.75, 3.05) is 0 Å². The third-order valence-electron chi connectivity index (χ3n) is 2.52. The maximum absolute atomic E-state index is 12.0. The zero-order valence-corrected chi connectivity index (χ0v) is 11.2. The number of benzene rings is 1. The highest BCUT2D eigenvalue weighted by atomic mass is 16.6. The van der Waals surface area contributed by atoms with Crippen molar-refractivity contribution < 1.29 is 9.53 Å². The predicted octanol–water partition coefficient (Wildman–Crippen LogP) is 3.61. The smallest absolute Gasteiger partial charge is 0.410 e. The van der Waals surface area contributed by atoms with E-state index in [1.165, 1.54) is 0 Å². The minimum atomic E-state index is -0.291. The molecule has 0 aromatic heterocycles. The molecule has 94 valence electrons. The van der Waals surface area contributed by atoms with Crippen LogP contribution in [0.15, 0.2) is 24.3 Å². The van der Waals surface area contributed by atoms with Crippen LogP contribution in [-0.4, -0.2) is 23.1 Å². The number of carbonyl (C=O) groups is 1. The summed E-state index contributed by atoms with van der Waals surface area (Å²) in [6.07, 6.45) is -0.291. The molecule has 0 aliphatic heterocycles. The molecule has 0 bridgehead atoms. The molecule has 1 amide bonds. The van der Waals surface area contributed by atoms with Gasteiger partial charge in [-0.3, -0.25) is 0 Å². The van der Waals surface area contributed by atoms with Crippen LogP contribution in [-0.2, 0) is 0 Å². The molecule has 0 atom stereocenters. The molecule has 0 unspecified atom stereocenters. The lowest BCUT2D eigenvalue weighted by Crippen LogP contribution is -2.43. The van der Waals surface area contributed by atoms with Crippen LogP contribution in [0, 0.1) is 6.92 Å². The van der Waals surface area contributed by atoms with Gasteiger partial charge < -0.3 is 9.64 Å². The third kappa shape index (κ3) is 3.77. The van der Waals surface area contributed by atoms with Crippen molar-refractivity contribution in [3.63, 3.8) is 0 Å². The van der Waals surface area contributed by atoms with E-state index in [1.54, 1.807) is 11.0 Å². The molecule has 0 saturated carbocycles. The zero-order valence-electron chi connectivity index (χ0n) is 11.2. The molecule has 0 fully saturated rings. The molecule has 3 nitrogen and oxygen atoms in total. The van der Waals surface area contributed by atoms with Crippen LogP contribution in [0.25, 0.3) is 0 Å². The topological polar surface area (TPSA) is 29.5 Å². The Kier molecular flexibility index (Phi) is 4.55. The first kappa shape index (κ1) is 13.6. The zero-order chi connectivity index (χ0) is 13.0. The lowest BCUT2D eigenvalue weighted by Gasteiger charge is -2.29. The van der Waals surface area contributed by atoms with E-state index in [0.29, 0.717) is 5.75 Å². The second-order valence-electron chi connectivity index (χ2n) is 4.78. The van der Waals surface area contributed by atoms with Crippen molar-refractivity contribution in [2.24, 2.45) is 0 Å². The van der Waals surface area contributed by atoms with E-state index in [9.17, 15) is 4.79 Å². The van der Waals surface area contributed by atoms with Crippen LogP contribution in [0.3, 0.4) is 0 Å². The summed E-state index contributed by atoms with van der Waals surface area (Å²) in [4.78, 5) is 13.7.